The van der Waals surface area contributed by atoms with Crippen LogP contribution in [0, 0.1) is 0 Å². The Morgan fingerprint density at radius 3 is 2.81 bits per heavy atom. The molecule has 0 bridgehead atoms. The third-order valence-corrected chi connectivity index (χ3v) is 6.00. The van der Waals surface area contributed by atoms with Crippen LogP contribution >= 0.6 is 11.8 Å². The Kier molecular flexibility index (Phi) is 3.17. The number of nitrogens with zero attached hydrogens (tertiary/aromatic N) is 1. The van der Waals surface area contributed by atoms with Gasteiger partial charge in [-0.25, -0.2) is 0 Å². The topological polar surface area (TPSA) is 49.4 Å². The van der Waals surface area contributed by atoms with Crippen molar-refractivity contribution >= 4 is 23.6 Å². The number of carbonyl (C=O) groups is 2. The van der Waals surface area contributed by atoms with E-state index < -0.39 is 0 Å². The average Bonchev–Trinajstić information content (AvgIpc) is 3.19. The minimum atomic E-state index is -0.319. The van der Waals surface area contributed by atoms with Gasteiger partial charge < -0.3 is 10.2 Å². The van der Waals surface area contributed by atoms with E-state index in [1.165, 1.54) is 12.8 Å². The van der Waals surface area contributed by atoms with E-state index in [0.29, 0.717) is 11.8 Å². The molecule has 0 spiro atoms. The zero-order chi connectivity index (χ0) is 14.4. The first-order valence-electron chi connectivity index (χ1n) is 7.59. The van der Waals surface area contributed by atoms with Gasteiger partial charge in [-0.3, -0.25) is 9.59 Å². The minimum Gasteiger partial charge on any atom is -0.352 e. The molecular weight excluding hydrogens is 284 g/mol. The highest BCUT2D eigenvalue weighted by Gasteiger charge is 2.48. The van der Waals surface area contributed by atoms with Gasteiger partial charge in [0.2, 0.25) is 5.91 Å². The van der Waals surface area contributed by atoms with Crippen LogP contribution in [0.3, 0.4) is 0 Å². The third-order valence-electron chi connectivity index (χ3n) is 4.70. The van der Waals surface area contributed by atoms with Gasteiger partial charge in [0.05, 0.1) is 0 Å². The predicted molar refractivity (Wildman–Crippen MR) is 82.0 cm³/mol. The number of fused-ring (bicyclic) bond motifs is 3. The number of thioether (sulfide) groups is 1. The largest absolute Gasteiger partial charge is 0.352 e. The lowest BCUT2D eigenvalue weighted by atomic mass is 10.1. The standard InChI is InChI=1S/C16H18N2O2S/c19-14(17-10-5-1-2-6-10)13-9-21-16-12-8-4-3-7-11(12)15(20)18(13)16/h3-4,7-8,10,13,16H,1-2,5-6,9H2,(H,17,19)/t13-,16+/m1/s1. The summed E-state index contributed by atoms with van der Waals surface area (Å²) in [6.07, 6.45) is 4.54. The Bertz CT molecular complexity index is 598. The van der Waals surface area contributed by atoms with E-state index in [0.717, 1.165) is 24.0 Å². The molecule has 1 aliphatic carbocycles. The molecule has 0 radical (unpaired) electrons. The Balaban J connectivity index is 1.55. The van der Waals surface area contributed by atoms with Crippen LogP contribution in [-0.4, -0.2) is 34.6 Å². The van der Waals surface area contributed by atoms with E-state index in [-0.39, 0.29) is 23.2 Å². The number of nitrogens with one attached hydrogen (secondary N) is 1. The highest BCUT2D eigenvalue weighted by molar-refractivity contribution is 7.99. The summed E-state index contributed by atoms with van der Waals surface area (Å²) < 4.78 is 0. The molecule has 1 saturated carbocycles. The molecule has 110 valence electrons. The van der Waals surface area contributed by atoms with E-state index >= 15 is 0 Å². The summed E-state index contributed by atoms with van der Waals surface area (Å²) in [7, 11) is 0. The van der Waals surface area contributed by atoms with E-state index in [2.05, 4.69) is 5.32 Å². The molecule has 1 aromatic carbocycles. The van der Waals surface area contributed by atoms with Crippen molar-refractivity contribution in [1.29, 1.82) is 0 Å². The number of benzene rings is 1. The lowest BCUT2D eigenvalue weighted by molar-refractivity contribution is -0.125. The molecule has 5 heteroatoms. The SMILES string of the molecule is O=C(NC1CCCC1)[C@H]1CS[C@H]2c3ccccc3C(=O)N12. The molecule has 2 amide bonds. The van der Waals surface area contributed by atoms with Crippen molar-refractivity contribution < 1.29 is 9.59 Å². The first-order valence-corrected chi connectivity index (χ1v) is 8.64. The predicted octanol–water partition coefficient (Wildman–Crippen LogP) is 2.32. The van der Waals surface area contributed by atoms with Gasteiger partial charge in [-0.2, -0.15) is 0 Å². The van der Waals surface area contributed by atoms with Gasteiger partial charge in [-0.15, -0.1) is 11.8 Å². The molecule has 0 unspecified atom stereocenters. The summed E-state index contributed by atoms with van der Waals surface area (Å²) >= 11 is 1.70. The summed E-state index contributed by atoms with van der Waals surface area (Å²) in [5, 5.41) is 3.16. The number of rotatable bonds is 2. The maximum atomic E-state index is 12.6. The van der Waals surface area contributed by atoms with Crippen LogP contribution in [0.4, 0.5) is 0 Å². The van der Waals surface area contributed by atoms with Crippen LogP contribution < -0.4 is 5.32 Å². The maximum Gasteiger partial charge on any atom is 0.256 e. The monoisotopic (exact) mass is 302 g/mol. The molecule has 1 aromatic rings. The van der Waals surface area contributed by atoms with Crippen LogP contribution in [0.2, 0.25) is 0 Å². The van der Waals surface area contributed by atoms with Gasteiger partial charge in [0.1, 0.15) is 11.4 Å². The van der Waals surface area contributed by atoms with Gasteiger partial charge in [0.25, 0.3) is 5.91 Å². The quantitative estimate of drug-likeness (QED) is 0.912. The van der Waals surface area contributed by atoms with Gasteiger partial charge in [0, 0.05) is 17.4 Å². The Hall–Kier alpha value is -1.49. The highest BCUT2D eigenvalue weighted by atomic mass is 32.2. The molecule has 4 nitrogen and oxygen atoms in total. The van der Waals surface area contributed by atoms with Crippen LogP contribution in [0.1, 0.15) is 47.0 Å². The van der Waals surface area contributed by atoms with E-state index in [1.54, 1.807) is 16.7 Å². The van der Waals surface area contributed by atoms with Crippen molar-refractivity contribution in [3.63, 3.8) is 0 Å². The Labute approximate surface area is 128 Å². The van der Waals surface area contributed by atoms with Crippen molar-refractivity contribution in [2.24, 2.45) is 0 Å². The fourth-order valence-electron chi connectivity index (χ4n) is 3.61. The normalized spacial score (nSPS) is 27.8. The van der Waals surface area contributed by atoms with Crippen molar-refractivity contribution in [1.82, 2.24) is 10.2 Å². The number of hydrogen-bond donors (Lipinski definition) is 1. The van der Waals surface area contributed by atoms with Crippen LogP contribution in [0.15, 0.2) is 24.3 Å². The maximum absolute atomic E-state index is 12.6. The van der Waals surface area contributed by atoms with Crippen molar-refractivity contribution in [2.45, 2.75) is 43.1 Å². The molecule has 2 heterocycles. The summed E-state index contributed by atoms with van der Waals surface area (Å²) in [6.45, 7) is 0. The minimum absolute atomic E-state index is 0.00664. The van der Waals surface area contributed by atoms with Gasteiger partial charge in [-0.1, -0.05) is 31.0 Å². The fourth-order valence-corrected chi connectivity index (χ4v) is 5.07. The van der Waals surface area contributed by atoms with Crippen molar-refractivity contribution in [3.8, 4) is 0 Å². The van der Waals surface area contributed by atoms with E-state index in [4.69, 9.17) is 0 Å². The van der Waals surface area contributed by atoms with Gasteiger partial charge >= 0.3 is 0 Å². The van der Waals surface area contributed by atoms with Crippen molar-refractivity contribution in [3.05, 3.63) is 35.4 Å². The fraction of sp³-hybridized carbons (Fsp3) is 0.500. The molecule has 21 heavy (non-hydrogen) atoms. The van der Waals surface area contributed by atoms with Gasteiger partial charge in [0.15, 0.2) is 0 Å². The first kappa shape index (κ1) is 13.2. The summed E-state index contributed by atoms with van der Waals surface area (Å²) in [6, 6.07) is 7.70. The average molecular weight is 302 g/mol. The van der Waals surface area contributed by atoms with E-state index in [1.807, 2.05) is 24.3 Å². The number of amides is 2. The first-order chi connectivity index (χ1) is 10.3. The Morgan fingerprint density at radius 2 is 2.00 bits per heavy atom. The van der Waals surface area contributed by atoms with E-state index in [9.17, 15) is 9.59 Å². The molecule has 2 fully saturated rings. The summed E-state index contributed by atoms with van der Waals surface area (Å²) in [4.78, 5) is 26.9. The summed E-state index contributed by atoms with van der Waals surface area (Å²) in [5.74, 6) is 0.730. The number of hydrogen-bond acceptors (Lipinski definition) is 3. The number of carbonyl (C=O) groups excluding carboxylic acids is 2. The lowest BCUT2D eigenvalue weighted by Crippen LogP contribution is -2.48. The highest BCUT2D eigenvalue weighted by Crippen LogP contribution is 2.48. The van der Waals surface area contributed by atoms with Crippen molar-refractivity contribution in [2.75, 3.05) is 5.75 Å². The Morgan fingerprint density at radius 1 is 1.24 bits per heavy atom. The molecular formula is C16H18N2O2S. The van der Waals surface area contributed by atoms with Crippen LogP contribution in [-0.2, 0) is 4.79 Å². The zero-order valence-electron chi connectivity index (χ0n) is 11.7. The second kappa shape index (κ2) is 5.05. The van der Waals surface area contributed by atoms with Gasteiger partial charge in [-0.05, 0) is 24.5 Å². The molecule has 0 aromatic heterocycles. The van der Waals surface area contributed by atoms with Crippen LogP contribution in [0.25, 0.3) is 0 Å². The molecule has 1 N–H and O–H groups in total. The second-order valence-electron chi connectivity index (χ2n) is 5.99. The molecule has 4 rings (SSSR count). The third kappa shape index (κ3) is 2.06. The molecule has 2 aliphatic heterocycles. The second-order valence-corrected chi connectivity index (χ2v) is 7.10. The van der Waals surface area contributed by atoms with Crippen LogP contribution in [0.5, 0.6) is 0 Å². The molecule has 3 aliphatic rings. The molecule has 1 saturated heterocycles. The lowest BCUT2D eigenvalue weighted by Gasteiger charge is -2.24. The smallest absolute Gasteiger partial charge is 0.256 e. The zero-order valence-corrected chi connectivity index (χ0v) is 12.6. The summed E-state index contributed by atoms with van der Waals surface area (Å²) in [5.41, 5.74) is 1.82. The molecule has 2 atom stereocenters.